The highest BCUT2D eigenvalue weighted by Gasteiger charge is 2.26. The van der Waals surface area contributed by atoms with Crippen molar-refractivity contribution < 1.29 is 14.1 Å². The average Bonchev–Trinajstić information content (AvgIpc) is 2.70. The molecule has 4 rings (SSSR count). The van der Waals surface area contributed by atoms with E-state index in [1.807, 2.05) is 30.3 Å². The van der Waals surface area contributed by atoms with Crippen LogP contribution >= 0.6 is 0 Å². The summed E-state index contributed by atoms with van der Waals surface area (Å²) in [6.07, 6.45) is 1.12. The second-order valence-electron chi connectivity index (χ2n) is 5.82. The Kier molecular flexibility index (Phi) is 4.51. The number of nitrogens with zero attached hydrogens (tertiary/aromatic N) is 3. The fraction of sp³-hybridized carbons (Fsp3) is 0. The lowest BCUT2D eigenvalue weighted by Crippen LogP contribution is -2.04. The molecule has 28 heavy (non-hydrogen) atoms. The molecule has 8 heteroatoms. The van der Waals surface area contributed by atoms with E-state index < -0.39 is 16.4 Å². The number of nitrogens with one attached hydrogen (secondary N) is 1. The van der Waals surface area contributed by atoms with E-state index in [0.717, 1.165) is 17.1 Å². The largest absolute Gasteiger partial charge is 0.433 e. The number of para-hydroxylation sites is 1. The second-order valence-corrected chi connectivity index (χ2v) is 5.82. The Morgan fingerprint density at radius 1 is 0.964 bits per heavy atom. The van der Waals surface area contributed by atoms with Gasteiger partial charge in [-0.2, -0.15) is 4.98 Å². The summed E-state index contributed by atoms with van der Waals surface area (Å²) in [6.45, 7) is 0. The Morgan fingerprint density at radius 2 is 1.71 bits per heavy atom. The zero-order chi connectivity index (χ0) is 19.5. The van der Waals surface area contributed by atoms with Gasteiger partial charge in [-0.25, -0.2) is 9.37 Å². The number of nitro groups is 1. The van der Waals surface area contributed by atoms with E-state index in [1.54, 1.807) is 18.2 Å². The first-order valence-electron chi connectivity index (χ1n) is 8.30. The summed E-state index contributed by atoms with van der Waals surface area (Å²) in [5.74, 6) is -0.556. The highest BCUT2D eigenvalue weighted by Crippen LogP contribution is 2.37. The average molecular weight is 376 g/mol. The van der Waals surface area contributed by atoms with Gasteiger partial charge in [0.25, 0.3) is 0 Å². The van der Waals surface area contributed by atoms with E-state index in [9.17, 15) is 14.5 Å². The predicted molar refractivity (Wildman–Crippen MR) is 102 cm³/mol. The van der Waals surface area contributed by atoms with Crippen LogP contribution in [0, 0.1) is 15.9 Å². The molecular formula is C20H13FN4O3. The van der Waals surface area contributed by atoms with E-state index in [-0.39, 0.29) is 17.4 Å². The summed E-state index contributed by atoms with van der Waals surface area (Å²) < 4.78 is 19.7. The number of aromatic nitrogens is 2. The van der Waals surface area contributed by atoms with Crippen molar-refractivity contribution in [2.24, 2.45) is 0 Å². The third-order valence-corrected chi connectivity index (χ3v) is 4.05. The first kappa shape index (κ1) is 17.3. The van der Waals surface area contributed by atoms with E-state index in [2.05, 4.69) is 15.3 Å². The lowest BCUT2D eigenvalue weighted by molar-refractivity contribution is -0.385. The SMILES string of the molecule is O=[N+]([O-])c1c(Nc2ccccc2F)ncnc1Oc1cccc2ccccc12. The molecule has 1 heterocycles. The molecule has 0 fully saturated rings. The van der Waals surface area contributed by atoms with Crippen molar-refractivity contribution in [2.75, 3.05) is 5.32 Å². The van der Waals surface area contributed by atoms with Gasteiger partial charge in [-0.05, 0) is 23.6 Å². The molecule has 0 atom stereocenters. The molecule has 4 aromatic rings. The molecule has 0 radical (unpaired) electrons. The standard InChI is InChI=1S/C20H13FN4O3/c21-15-9-3-4-10-16(15)24-19-18(25(26)27)20(23-12-22-19)28-17-11-5-7-13-6-1-2-8-14(13)17/h1-12H,(H,22,23,24). The van der Waals surface area contributed by atoms with Crippen molar-refractivity contribution in [1.82, 2.24) is 9.97 Å². The molecular weight excluding hydrogens is 363 g/mol. The van der Waals surface area contributed by atoms with Crippen molar-refractivity contribution in [3.05, 3.63) is 89.0 Å². The molecule has 0 amide bonds. The highest BCUT2D eigenvalue weighted by atomic mass is 19.1. The highest BCUT2D eigenvalue weighted by molar-refractivity contribution is 5.88. The van der Waals surface area contributed by atoms with Crippen molar-refractivity contribution >= 4 is 28.0 Å². The van der Waals surface area contributed by atoms with Crippen LogP contribution in [0.2, 0.25) is 0 Å². The quantitative estimate of drug-likeness (QED) is 0.380. The lowest BCUT2D eigenvalue weighted by atomic mass is 10.1. The van der Waals surface area contributed by atoms with Crippen LogP contribution in [0.1, 0.15) is 0 Å². The number of hydrogen-bond donors (Lipinski definition) is 1. The molecule has 1 aromatic heterocycles. The first-order chi connectivity index (χ1) is 13.6. The van der Waals surface area contributed by atoms with E-state index >= 15 is 0 Å². The topological polar surface area (TPSA) is 90.2 Å². The van der Waals surface area contributed by atoms with Crippen molar-refractivity contribution in [3.8, 4) is 11.6 Å². The number of hydrogen-bond acceptors (Lipinski definition) is 6. The van der Waals surface area contributed by atoms with Gasteiger partial charge in [-0.1, -0.05) is 48.5 Å². The minimum atomic E-state index is -0.663. The molecule has 0 saturated carbocycles. The molecule has 0 saturated heterocycles. The number of ether oxygens (including phenoxy) is 1. The normalized spacial score (nSPS) is 10.6. The van der Waals surface area contributed by atoms with Gasteiger partial charge >= 0.3 is 11.6 Å². The Balaban J connectivity index is 1.77. The molecule has 0 aliphatic rings. The van der Waals surface area contributed by atoms with Crippen LogP contribution in [0.3, 0.4) is 0 Å². The fourth-order valence-electron chi connectivity index (χ4n) is 2.77. The van der Waals surface area contributed by atoms with E-state index in [4.69, 9.17) is 4.74 Å². The number of anilines is 2. The van der Waals surface area contributed by atoms with Crippen LogP contribution in [-0.2, 0) is 0 Å². The third kappa shape index (κ3) is 3.30. The summed E-state index contributed by atoms with van der Waals surface area (Å²) in [4.78, 5) is 18.8. The first-order valence-corrected chi connectivity index (χ1v) is 8.30. The molecule has 3 aromatic carbocycles. The number of halogens is 1. The van der Waals surface area contributed by atoms with Gasteiger partial charge in [-0.3, -0.25) is 10.1 Å². The van der Waals surface area contributed by atoms with E-state index in [1.165, 1.54) is 18.2 Å². The minimum Gasteiger partial charge on any atom is -0.433 e. The van der Waals surface area contributed by atoms with Gasteiger partial charge in [0.15, 0.2) is 0 Å². The van der Waals surface area contributed by atoms with Crippen LogP contribution in [0.15, 0.2) is 73.1 Å². The maximum Gasteiger partial charge on any atom is 0.373 e. The smallest absolute Gasteiger partial charge is 0.373 e. The fourth-order valence-corrected chi connectivity index (χ4v) is 2.77. The molecule has 0 spiro atoms. The van der Waals surface area contributed by atoms with Gasteiger partial charge < -0.3 is 10.1 Å². The van der Waals surface area contributed by atoms with Crippen molar-refractivity contribution in [1.29, 1.82) is 0 Å². The summed E-state index contributed by atoms with van der Waals surface area (Å²) in [6, 6.07) is 18.7. The summed E-state index contributed by atoms with van der Waals surface area (Å²) in [5.41, 5.74) is -0.431. The Labute approximate surface area is 158 Å². The van der Waals surface area contributed by atoms with Gasteiger partial charge in [0.2, 0.25) is 5.82 Å². The predicted octanol–water partition coefficient (Wildman–Crippen LogP) is 5.21. The van der Waals surface area contributed by atoms with Gasteiger partial charge in [0.05, 0.1) is 10.6 Å². The van der Waals surface area contributed by atoms with Crippen LogP contribution < -0.4 is 10.1 Å². The number of benzene rings is 3. The number of rotatable bonds is 5. The molecule has 1 N–H and O–H groups in total. The zero-order valence-corrected chi connectivity index (χ0v) is 14.4. The van der Waals surface area contributed by atoms with Crippen LogP contribution in [0.25, 0.3) is 10.8 Å². The Bertz CT molecular complexity index is 1180. The Hall–Kier alpha value is -4.07. The monoisotopic (exact) mass is 376 g/mol. The van der Waals surface area contributed by atoms with Gasteiger partial charge in [-0.15, -0.1) is 0 Å². The lowest BCUT2D eigenvalue weighted by Gasteiger charge is -2.11. The zero-order valence-electron chi connectivity index (χ0n) is 14.4. The van der Waals surface area contributed by atoms with Crippen molar-refractivity contribution in [3.63, 3.8) is 0 Å². The summed E-state index contributed by atoms with van der Waals surface area (Å²) >= 11 is 0. The number of fused-ring (bicyclic) bond motifs is 1. The molecule has 0 aliphatic carbocycles. The van der Waals surface area contributed by atoms with Crippen LogP contribution in [0.5, 0.6) is 11.6 Å². The van der Waals surface area contributed by atoms with Gasteiger partial charge in [0.1, 0.15) is 17.9 Å². The molecule has 138 valence electrons. The maximum absolute atomic E-state index is 13.9. The molecule has 0 aliphatic heterocycles. The summed E-state index contributed by atoms with van der Waals surface area (Å²) in [7, 11) is 0. The van der Waals surface area contributed by atoms with Gasteiger partial charge in [0, 0.05) is 5.39 Å². The van der Waals surface area contributed by atoms with Crippen molar-refractivity contribution in [2.45, 2.75) is 0 Å². The van der Waals surface area contributed by atoms with E-state index in [0.29, 0.717) is 5.75 Å². The van der Waals surface area contributed by atoms with Crippen LogP contribution in [-0.4, -0.2) is 14.9 Å². The molecule has 0 unspecified atom stereocenters. The minimum absolute atomic E-state index is 0.0559. The molecule has 0 bridgehead atoms. The molecule has 7 nitrogen and oxygen atoms in total. The Morgan fingerprint density at radius 3 is 2.54 bits per heavy atom. The maximum atomic E-state index is 13.9. The van der Waals surface area contributed by atoms with Crippen LogP contribution in [0.4, 0.5) is 21.6 Å². The summed E-state index contributed by atoms with van der Waals surface area (Å²) in [5, 5.41) is 16.0. The third-order valence-electron chi connectivity index (χ3n) is 4.05. The second kappa shape index (κ2) is 7.28.